The Kier molecular flexibility index (Phi) is 5.79. The molecular weight excluding hydrogens is 242 g/mol. The second-order valence-corrected chi connectivity index (χ2v) is 6.04. The van der Waals surface area contributed by atoms with Crippen LogP contribution in [-0.4, -0.2) is 61.9 Å². The Morgan fingerprint density at radius 3 is 2.26 bits per heavy atom. The number of piperidine rings is 1. The minimum absolute atomic E-state index is 0.0467. The number of hydrogen-bond acceptors (Lipinski definition) is 3. The van der Waals surface area contributed by atoms with Crippen molar-refractivity contribution in [1.82, 2.24) is 15.1 Å². The average Bonchev–Trinajstić information content (AvgIpc) is 2.38. The molecular formula is C14H27N3O2. The van der Waals surface area contributed by atoms with E-state index in [0.29, 0.717) is 6.54 Å². The molecule has 1 fully saturated rings. The van der Waals surface area contributed by atoms with Crippen LogP contribution in [0.4, 0.5) is 0 Å². The highest BCUT2D eigenvalue weighted by Gasteiger charge is 2.39. The van der Waals surface area contributed by atoms with Gasteiger partial charge in [-0.15, -0.1) is 0 Å². The number of likely N-dealkylation sites (tertiary alicyclic amines) is 1. The van der Waals surface area contributed by atoms with Gasteiger partial charge in [0.05, 0.1) is 0 Å². The van der Waals surface area contributed by atoms with Crippen LogP contribution in [0.1, 0.15) is 33.1 Å². The molecule has 0 radical (unpaired) electrons. The van der Waals surface area contributed by atoms with Gasteiger partial charge in [0.25, 0.3) is 0 Å². The maximum atomic E-state index is 12.4. The normalized spacial score (nSPS) is 16.6. The first-order chi connectivity index (χ1) is 8.85. The monoisotopic (exact) mass is 269 g/mol. The molecule has 0 saturated carbocycles. The number of rotatable bonds is 5. The fourth-order valence-electron chi connectivity index (χ4n) is 2.20. The van der Waals surface area contributed by atoms with Crippen molar-refractivity contribution in [3.05, 3.63) is 0 Å². The molecule has 0 aromatic carbocycles. The van der Waals surface area contributed by atoms with Crippen LogP contribution < -0.4 is 5.32 Å². The van der Waals surface area contributed by atoms with Crippen molar-refractivity contribution in [2.24, 2.45) is 5.41 Å². The number of nitrogens with zero attached hydrogens (tertiary/aromatic N) is 2. The summed E-state index contributed by atoms with van der Waals surface area (Å²) in [4.78, 5) is 28.4. The molecule has 5 heteroatoms. The number of nitrogens with one attached hydrogen (secondary N) is 1. The lowest BCUT2D eigenvalue weighted by atomic mass is 9.89. The minimum Gasteiger partial charge on any atom is -0.354 e. The molecule has 1 heterocycles. The van der Waals surface area contributed by atoms with Gasteiger partial charge < -0.3 is 15.1 Å². The summed E-state index contributed by atoms with van der Waals surface area (Å²) in [5.41, 5.74) is -0.969. The molecule has 1 N–H and O–H groups in total. The highest BCUT2D eigenvalue weighted by Crippen LogP contribution is 2.22. The second kappa shape index (κ2) is 6.89. The molecule has 0 aliphatic carbocycles. The van der Waals surface area contributed by atoms with Gasteiger partial charge in [0.15, 0.2) is 0 Å². The largest absolute Gasteiger partial charge is 0.354 e. The van der Waals surface area contributed by atoms with Crippen molar-refractivity contribution < 1.29 is 9.59 Å². The zero-order valence-corrected chi connectivity index (χ0v) is 12.7. The van der Waals surface area contributed by atoms with Crippen LogP contribution in [-0.2, 0) is 9.59 Å². The summed E-state index contributed by atoms with van der Waals surface area (Å²) in [5, 5.41) is 2.85. The van der Waals surface area contributed by atoms with Crippen LogP contribution in [0.25, 0.3) is 0 Å². The van der Waals surface area contributed by atoms with Gasteiger partial charge >= 0.3 is 0 Å². The fourth-order valence-corrected chi connectivity index (χ4v) is 2.20. The van der Waals surface area contributed by atoms with E-state index in [2.05, 4.69) is 5.32 Å². The summed E-state index contributed by atoms with van der Waals surface area (Å²) in [6, 6.07) is 0. The van der Waals surface area contributed by atoms with Crippen molar-refractivity contribution >= 4 is 11.8 Å². The third-order valence-electron chi connectivity index (χ3n) is 3.59. The van der Waals surface area contributed by atoms with Gasteiger partial charge in [-0.2, -0.15) is 0 Å². The minimum atomic E-state index is -0.969. The molecule has 1 aliphatic rings. The van der Waals surface area contributed by atoms with Crippen LogP contribution >= 0.6 is 0 Å². The maximum Gasteiger partial charge on any atom is 0.237 e. The fraction of sp³-hybridized carbons (Fsp3) is 0.857. The Balaban J connectivity index is 2.52. The first-order valence-electron chi connectivity index (χ1n) is 7.08. The molecule has 0 bridgehead atoms. The van der Waals surface area contributed by atoms with Crippen molar-refractivity contribution in [1.29, 1.82) is 0 Å². The number of carbonyl (C=O) groups excluding carboxylic acids is 2. The molecule has 0 aromatic heterocycles. The molecule has 0 atom stereocenters. The predicted molar refractivity (Wildman–Crippen MR) is 75.8 cm³/mol. The Bertz CT molecular complexity index is 321. The lowest BCUT2D eigenvalue weighted by Gasteiger charge is -2.33. The highest BCUT2D eigenvalue weighted by molar-refractivity contribution is 6.04. The molecule has 1 rings (SSSR count). The smallest absolute Gasteiger partial charge is 0.237 e. The maximum absolute atomic E-state index is 12.4. The quantitative estimate of drug-likeness (QED) is 0.748. The van der Waals surface area contributed by atoms with Crippen molar-refractivity contribution in [3.8, 4) is 0 Å². The van der Waals surface area contributed by atoms with Crippen LogP contribution in [0.2, 0.25) is 0 Å². The van der Waals surface area contributed by atoms with E-state index < -0.39 is 5.41 Å². The molecule has 0 unspecified atom stereocenters. The van der Waals surface area contributed by atoms with Gasteiger partial charge in [0, 0.05) is 26.2 Å². The van der Waals surface area contributed by atoms with E-state index in [9.17, 15) is 9.59 Å². The zero-order chi connectivity index (χ0) is 14.5. The molecule has 0 aromatic rings. The third kappa shape index (κ3) is 4.49. The van der Waals surface area contributed by atoms with Gasteiger partial charge in [-0.3, -0.25) is 9.59 Å². The summed E-state index contributed by atoms with van der Waals surface area (Å²) in [7, 11) is 3.91. The summed E-state index contributed by atoms with van der Waals surface area (Å²) >= 11 is 0. The Hall–Kier alpha value is -1.10. The zero-order valence-electron chi connectivity index (χ0n) is 12.7. The highest BCUT2D eigenvalue weighted by atomic mass is 16.2. The summed E-state index contributed by atoms with van der Waals surface area (Å²) in [6.07, 6.45) is 3.27. The molecule has 1 aliphatic heterocycles. The van der Waals surface area contributed by atoms with Crippen molar-refractivity contribution in [3.63, 3.8) is 0 Å². The first kappa shape index (κ1) is 16.0. The average molecular weight is 269 g/mol. The SMILES string of the molecule is CN(C)CCNC(=O)C(C)(C)C(=O)N1CCCCC1. The molecule has 2 amide bonds. The lowest BCUT2D eigenvalue weighted by Crippen LogP contribution is -2.51. The number of likely N-dealkylation sites (N-methyl/N-ethyl adjacent to an activating group) is 1. The van der Waals surface area contributed by atoms with Gasteiger partial charge in [-0.25, -0.2) is 0 Å². The predicted octanol–water partition coefficient (Wildman–Crippen LogP) is 0.703. The van der Waals surface area contributed by atoms with Crippen LogP contribution in [0.3, 0.4) is 0 Å². The topological polar surface area (TPSA) is 52.7 Å². The summed E-state index contributed by atoms with van der Waals surface area (Å²) in [5.74, 6) is -0.223. The first-order valence-corrected chi connectivity index (χ1v) is 7.08. The van der Waals surface area contributed by atoms with Crippen LogP contribution in [0.15, 0.2) is 0 Å². The standard InChI is InChI=1S/C14H27N3O2/c1-14(2,12(18)15-8-11-16(3)4)13(19)17-9-6-5-7-10-17/h5-11H2,1-4H3,(H,15,18). The van der Waals surface area contributed by atoms with Crippen molar-refractivity contribution in [2.45, 2.75) is 33.1 Å². The molecule has 110 valence electrons. The van der Waals surface area contributed by atoms with Crippen LogP contribution in [0, 0.1) is 5.41 Å². The summed E-state index contributed by atoms with van der Waals surface area (Å²) < 4.78 is 0. The number of carbonyl (C=O) groups is 2. The van der Waals surface area contributed by atoms with Gasteiger partial charge in [0.1, 0.15) is 5.41 Å². The van der Waals surface area contributed by atoms with Crippen molar-refractivity contribution in [2.75, 3.05) is 40.3 Å². The van der Waals surface area contributed by atoms with Crippen LogP contribution in [0.5, 0.6) is 0 Å². The van der Waals surface area contributed by atoms with Gasteiger partial charge in [-0.1, -0.05) is 0 Å². The molecule has 19 heavy (non-hydrogen) atoms. The van der Waals surface area contributed by atoms with E-state index in [1.807, 2.05) is 23.9 Å². The van der Waals surface area contributed by atoms with E-state index in [1.54, 1.807) is 13.8 Å². The van der Waals surface area contributed by atoms with Gasteiger partial charge in [0.2, 0.25) is 11.8 Å². The molecule has 5 nitrogen and oxygen atoms in total. The van der Waals surface area contributed by atoms with E-state index in [1.165, 1.54) is 6.42 Å². The van der Waals surface area contributed by atoms with Gasteiger partial charge in [-0.05, 0) is 47.2 Å². The second-order valence-electron chi connectivity index (χ2n) is 6.04. The van der Waals surface area contributed by atoms with E-state index in [0.717, 1.165) is 32.5 Å². The van der Waals surface area contributed by atoms with E-state index in [-0.39, 0.29) is 11.8 Å². The summed E-state index contributed by atoms with van der Waals surface area (Å²) in [6.45, 7) is 6.35. The van der Waals surface area contributed by atoms with E-state index in [4.69, 9.17) is 0 Å². The Morgan fingerprint density at radius 2 is 1.74 bits per heavy atom. The number of amides is 2. The Morgan fingerprint density at radius 1 is 1.16 bits per heavy atom. The molecule has 1 saturated heterocycles. The third-order valence-corrected chi connectivity index (χ3v) is 3.59. The lowest BCUT2D eigenvalue weighted by molar-refractivity contribution is -0.149. The van der Waals surface area contributed by atoms with E-state index >= 15 is 0 Å². The number of hydrogen-bond donors (Lipinski definition) is 1. The molecule has 0 spiro atoms. The Labute approximate surface area is 116 Å².